The molecule has 106 valence electrons. The number of aryl methyl sites for hydroxylation is 1. The highest BCUT2D eigenvalue weighted by Gasteiger charge is 2.14. The van der Waals surface area contributed by atoms with Crippen LogP contribution in [-0.2, 0) is 6.54 Å². The number of nitrogens with one attached hydrogen (secondary N) is 1. The molecule has 0 aliphatic carbocycles. The smallest absolute Gasteiger partial charge is 0.272 e. The lowest BCUT2D eigenvalue weighted by molar-refractivity contribution is 0.101. The summed E-state index contributed by atoms with van der Waals surface area (Å²) < 4.78 is 28.0. The molecule has 0 unspecified atom stereocenters. The van der Waals surface area contributed by atoms with Gasteiger partial charge in [-0.2, -0.15) is 0 Å². The Kier molecular flexibility index (Phi) is 4.02. The van der Waals surface area contributed by atoms with Gasteiger partial charge in [0, 0.05) is 18.8 Å². The molecule has 3 N–H and O–H groups in total. The minimum atomic E-state index is -0.820. The molecule has 0 aliphatic heterocycles. The van der Waals surface area contributed by atoms with Gasteiger partial charge in [0.25, 0.3) is 5.91 Å². The van der Waals surface area contributed by atoms with E-state index in [-0.39, 0.29) is 5.69 Å². The van der Waals surface area contributed by atoms with Crippen molar-refractivity contribution in [3.8, 4) is 0 Å². The number of rotatable bonds is 4. The van der Waals surface area contributed by atoms with Gasteiger partial charge in [0.15, 0.2) is 0 Å². The van der Waals surface area contributed by atoms with Crippen molar-refractivity contribution in [3.05, 3.63) is 47.8 Å². The van der Waals surface area contributed by atoms with Gasteiger partial charge < -0.3 is 15.6 Å². The van der Waals surface area contributed by atoms with E-state index in [1.54, 1.807) is 10.8 Å². The molecule has 0 aliphatic rings. The van der Waals surface area contributed by atoms with Crippen molar-refractivity contribution in [2.45, 2.75) is 19.9 Å². The fraction of sp³-hybridized carbons (Fsp3) is 0.214. The van der Waals surface area contributed by atoms with Crippen molar-refractivity contribution in [1.82, 2.24) is 4.57 Å². The molecule has 2 aromatic rings. The lowest BCUT2D eigenvalue weighted by Crippen LogP contribution is -2.17. The second kappa shape index (κ2) is 5.73. The summed E-state index contributed by atoms with van der Waals surface area (Å²) in [6, 6.07) is 4.50. The van der Waals surface area contributed by atoms with Crippen LogP contribution in [0.2, 0.25) is 0 Å². The van der Waals surface area contributed by atoms with Gasteiger partial charge >= 0.3 is 0 Å². The van der Waals surface area contributed by atoms with Crippen LogP contribution in [0.3, 0.4) is 0 Å². The molecule has 0 radical (unpaired) electrons. The van der Waals surface area contributed by atoms with E-state index in [1.807, 2.05) is 6.92 Å². The number of carbonyl (C=O) groups is 1. The SMILES string of the molecule is CCCn1cc(N)cc1C(=O)Nc1ccc(F)cc1F. The Morgan fingerprint density at radius 2 is 2.10 bits per heavy atom. The van der Waals surface area contributed by atoms with Crippen molar-refractivity contribution in [3.63, 3.8) is 0 Å². The van der Waals surface area contributed by atoms with E-state index < -0.39 is 17.5 Å². The second-order valence-corrected chi connectivity index (χ2v) is 4.43. The molecule has 0 fully saturated rings. The third kappa shape index (κ3) is 2.96. The van der Waals surface area contributed by atoms with Crippen LogP contribution in [0.15, 0.2) is 30.5 Å². The van der Waals surface area contributed by atoms with Crippen LogP contribution in [0.4, 0.5) is 20.2 Å². The first kappa shape index (κ1) is 14.0. The quantitative estimate of drug-likeness (QED) is 0.903. The standard InChI is InChI=1S/C14H15F2N3O/c1-2-5-19-8-10(17)7-13(19)14(20)18-12-4-3-9(15)6-11(12)16/h3-4,6-8H,2,5,17H2,1H3,(H,18,20). The monoisotopic (exact) mass is 279 g/mol. The van der Waals surface area contributed by atoms with Gasteiger partial charge in [-0.05, 0) is 24.6 Å². The lowest BCUT2D eigenvalue weighted by atomic mass is 10.2. The third-order valence-corrected chi connectivity index (χ3v) is 2.79. The summed E-state index contributed by atoms with van der Waals surface area (Å²) in [5, 5.41) is 2.41. The molecule has 0 saturated carbocycles. The van der Waals surface area contributed by atoms with Crippen LogP contribution < -0.4 is 11.1 Å². The van der Waals surface area contributed by atoms with Crippen molar-refractivity contribution in [2.75, 3.05) is 11.1 Å². The summed E-state index contributed by atoms with van der Waals surface area (Å²) in [7, 11) is 0. The zero-order valence-electron chi connectivity index (χ0n) is 11.0. The minimum absolute atomic E-state index is 0.0702. The highest BCUT2D eigenvalue weighted by atomic mass is 19.1. The first-order chi connectivity index (χ1) is 9.51. The summed E-state index contributed by atoms with van der Waals surface area (Å²) in [5.41, 5.74) is 6.40. The number of nitrogen functional groups attached to an aromatic ring is 1. The maximum atomic E-state index is 13.5. The fourth-order valence-corrected chi connectivity index (χ4v) is 1.93. The number of anilines is 2. The number of amides is 1. The minimum Gasteiger partial charge on any atom is -0.397 e. The number of aromatic nitrogens is 1. The van der Waals surface area contributed by atoms with Crippen LogP contribution in [0.5, 0.6) is 0 Å². The zero-order chi connectivity index (χ0) is 14.7. The Labute approximate surface area is 115 Å². The van der Waals surface area contributed by atoms with E-state index >= 15 is 0 Å². The van der Waals surface area contributed by atoms with Crippen molar-refractivity contribution in [2.24, 2.45) is 0 Å². The zero-order valence-corrected chi connectivity index (χ0v) is 11.0. The highest BCUT2D eigenvalue weighted by Crippen LogP contribution is 2.18. The molecule has 1 amide bonds. The largest absolute Gasteiger partial charge is 0.397 e. The number of halogens is 2. The number of hydrogen-bond donors (Lipinski definition) is 2. The first-order valence-corrected chi connectivity index (χ1v) is 6.23. The highest BCUT2D eigenvalue weighted by molar-refractivity contribution is 6.03. The molecule has 1 aromatic heterocycles. The Morgan fingerprint density at radius 3 is 2.75 bits per heavy atom. The third-order valence-electron chi connectivity index (χ3n) is 2.79. The average molecular weight is 279 g/mol. The second-order valence-electron chi connectivity index (χ2n) is 4.43. The van der Waals surface area contributed by atoms with Gasteiger partial charge in [-0.1, -0.05) is 6.92 Å². The van der Waals surface area contributed by atoms with E-state index in [0.717, 1.165) is 18.6 Å². The van der Waals surface area contributed by atoms with Crippen molar-refractivity contribution >= 4 is 17.3 Å². The van der Waals surface area contributed by atoms with Gasteiger partial charge in [0.05, 0.1) is 11.4 Å². The number of nitrogens with two attached hydrogens (primary N) is 1. The summed E-state index contributed by atoms with van der Waals surface area (Å²) >= 11 is 0. The summed E-state index contributed by atoms with van der Waals surface area (Å²) in [6.45, 7) is 2.60. The number of carbonyl (C=O) groups excluding carboxylic acids is 1. The number of hydrogen-bond acceptors (Lipinski definition) is 2. The van der Waals surface area contributed by atoms with Gasteiger partial charge in [-0.3, -0.25) is 4.79 Å². The maximum absolute atomic E-state index is 13.5. The van der Waals surface area contributed by atoms with Crippen molar-refractivity contribution in [1.29, 1.82) is 0 Å². The van der Waals surface area contributed by atoms with E-state index in [4.69, 9.17) is 5.73 Å². The normalized spacial score (nSPS) is 10.6. The summed E-state index contributed by atoms with van der Waals surface area (Å²) in [4.78, 5) is 12.1. The Hall–Kier alpha value is -2.37. The first-order valence-electron chi connectivity index (χ1n) is 6.23. The molecule has 1 heterocycles. The van der Waals surface area contributed by atoms with E-state index in [9.17, 15) is 13.6 Å². The van der Waals surface area contributed by atoms with Crippen LogP contribution in [0.25, 0.3) is 0 Å². The molecule has 4 nitrogen and oxygen atoms in total. The molecule has 6 heteroatoms. The Bertz CT molecular complexity index is 637. The molecule has 20 heavy (non-hydrogen) atoms. The molecule has 0 atom stereocenters. The number of nitrogens with zero attached hydrogens (tertiary/aromatic N) is 1. The van der Waals surface area contributed by atoms with Crippen LogP contribution in [-0.4, -0.2) is 10.5 Å². The van der Waals surface area contributed by atoms with Gasteiger partial charge in [0.1, 0.15) is 17.3 Å². The Morgan fingerprint density at radius 1 is 1.35 bits per heavy atom. The number of benzene rings is 1. The van der Waals surface area contributed by atoms with Crippen LogP contribution >= 0.6 is 0 Å². The van der Waals surface area contributed by atoms with Crippen LogP contribution in [0, 0.1) is 11.6 Å². The topological polar surface area (TPSA) is 60.0 Å². The molecule has 1 aromatic carbocycles. The van der Waals surface area contributed by atoms with Gasteiger partial charge in [0.2, 0.25) is 0 Å². The molecule has 0 saturated heterocycles. The molecular formula is C14H15F2N3O. The predicted molar refractivity (Wildman–Crippen MR) is 73.4 cm³/mol. The molecule has 0 bridgehead atoms. The summed E-state index contributed by atoms with van der Waals surface area (Å²) in [5.74, 6) is -2.00. The maximum Gasteiger partial charge on any atom is 0.272 e. The van der Waals surface area contributed by atoms with Gasteiger partial charge in [-0.25, -0.2) is 8.78 Å². The fourth-order valence-electron chi connectivity index (χ4n) is 1.93. The van der Waals surface area contributed by atoms with Crippen molar-refractivity contribution < 1.29 is 13.6 Å². The molecular weight excluding hydrogens is 264 g/mol. The van der Waals surface area contributed by atoms with E-state index in [2.05, 4.69) is 5.32 Å². The lowest BCUT2D eigenvalue weighted by Gasteiger charge is -2.09. The summed E-state index contributed by atoms with van der Waals surface area (Å²) in [6.07, 6.45) is 2.48. The molecule has 0 spiro atoms. The van der Waals surface area contributed by atoms with E-state index in [1.165, 1.54) is 12.1 Å². The predicted octanol–water partition coefficient (Wildman–Crippen LogP) is 3.01. The van der Waals surface area contributed by atoms with Crippen LogP contribution in [0.1, 0.15) is 23.8 Å². The molecule has 2 rings (SSSR count). The average Bonchev–Trinajstić information content (AvgIpc) is 2.74. The Balaban J connectivity index is 2.23. The van der Waals surface area contributed by atoms with E-state index in [0.29, 0.717) is 17.9 Å². The van der Waals surface area contributed by atoms with Gasteiger partial charge in [-0.15, -0.1) is 0 Å².